The Kier molecular flexibility index (Phi) is 4.24. The van der Waals surface area contributed by atoms with Gasteiger partial charge in [0, 0.05) is 10.9 Å². The summed E-state index contributed by atoms with van der Waals surface area (Å²) in [6.45, 7) is 0. The second-order valence-corrected chi connectivity index (χ2v) is 5.73. The number of halogens is 1. The van der Waals surface area contributed by atoms with Crippen LogP contribution in [0.3, 0.4) is 0 Å². The summed E-state index contributed by atoms with van der Waals surface area (Å²) in [5.74, 6) is -1.12. The Morgan fingerprint density at radius 3 is 2.53 bits per heavy atom. The summed E-state index contributed by atoms with van der Waals surface area (Å²) in [7, 11) is 0. The van der Waals surface area contributed by atoms with Crippen LogP contribution in [0.25, 0.3) is 0 Å². The zero-order valence-electron chi connectivity index (χ0n) is 10.5. The van der Waals surface area contributed by atoms with Gasteiger partial charge in [0.1, 0.15) is 5.54 Å². The first-order valence-corrected chi connectivity index (χ1v) is 7.11. The van der Waals surface area contributed by atoms with Gasteiger partial charge in [-0.1, -0.05) is 34.1 Å². The van der Waals surface area contributed by atoms with Gasteiger partial charge < -0.3 is 10.4 Å². The molecule has 0 unspecified atom stereocenters. The zero-order valence-corrected chi connectivity index (χ0v) is 12.1. The summed E-state index contributed by atoms with van der Waals surface area (Å²) in [4.78, 5) is 23.0. The summed E-state index contributed by atoms with van der Waals surface area (Å²) in [6, 6.07) is 7.72. The number of carboxylic acid groups (broad SMARTS) is 1. The van der Waals surface area contributed by atoms with Crippen molar-refractivity contribution in [3.63, 3.8) is 0 Å². The van der Waals surface area contributed by atoms with E-state index in [0.717, 1.165) is 16.5 Å². The third-order valence-corrected chi connectivity index (χ3v) is 4.35. The van der Waals surface area contributed by atoms with Crippen molar-refractivity contribution >= 4 is 27.8 Å². The molecule has 102 valence electrons. The van der Waals surface area contributed by atoms with Gasteiger partial charge in [-0.3, -0.25) is 4.79 Å². The zero-order chi connectivity index (χ0) is 13.9. The van der Waals surface area contributed by atoms with Gasteiger partial charge >= 0.3 is 5.97 Å². The normalized spacial score (nSPS) is 16.5. The molecule has 5 heteroatoms. The summed E-state index contributed by atoms with van der Waals surface area (Å²) in [5, 5.41) is 11.8. The Morgan fingerprint density at radius 2 is 2.00 bits per heavy atom. The number of amides is 1. The molecule has 1 saturated carbocycles. The maximum absolute atomic E-state index is 11.9. The number of carbonyl (C=O) groups excluding carboxylic acids is 1. The molecule has 2 N–H and O–H groups in total. The molecule has 1 aliphatic rings. The fourth-order valence-corrected chi connectivity index (χ4v) is 2.68. The van der Waals surface area contributed by atoms with E-state index in [1.807, 2.05) is 24.3 Å². The van der Waals surface area contributed by atoms with Crippen molar-refractivity contribution in [1.82, 2.24) is 5.32 Å². The van der Waals surface area contributed by atoms with Crippen molar-refractivity contribution in [2.75, 3.05) is 0 Å². The van der Waals surface area contributed by atoms with Gasteiger partial charge in [0.05, 0.1) is 0 Å². The van der Waals surface area contributed by atoms with Crippen LogP contribution in [-0.4, -0.2) is 22.5 Å². The summed E-state index contributed by atoms with van der Waals surface area (Å²) >= 11 is 3.43. The second-order valence-electron chi connectivity index (χ2n) is 4.88. The molecule has 1 fully saturated rings. The van der Waals surface area contributed by atoms with E-state index in [-0.39, 0.29) is 5.91 Å². The molecule has 1 aromatic rings. The van der Waals surface area contributed by atoms with E-state index in [2.05, 4.69) is 21.2 Å². The predicted octanol–water partition coefficient (Wildman–Crippen LogP) is 2.51. The average molecular weight is 326 g/mol. The Labute approximate surface area is 120 Å². The lowest BCUT2D eigenvalue weighted by Gasteiger charge is -2.38. The molecule has 0 aromatic heterocycles. The fourth-order valence-electron chi connectivity index (χ4n) is 2.20. The topological polar surface area (TPSA) is 66.4 Å². The monoisotopic (exact) mass is 325 g/mol. The largest absolute Gasteiger partial charge is 0.480 e. The van der Waals surface area contributed by atoms with Crippen LogP contribution in [-0.2, 0) is 16.0 Å². The number of benzene rings is 1. The predicted molar refractivity (Wildman–Crippen MR) is 74.8 cm³/mol. The highest BCUT2D eigenvalue weighted by molar-refractivity contribution is 9.10. The molecule has 1 aromatic carbocycles. The van der Waals surface area contributed by atoms with Crippen molar-refractivity contribution in [3.05, 3.63) is 34.3 Å². The van der Waals surface area contributed by atoms with Crippen LogP contribution in [0.2, 0.25) is 0 Å². The Bertz CT molecular complexity index is 497. The lowest BCUT2D eigenvalue weighted by Crippen LogP contribution is -2.59. The second kappa shape index (κ2) is 5.74. The molecule has 4 nitrogen and oxygen atoms in total. The van der Waals surface area contributed by atoms with Crippen LogP contribution in [0.15, 0.2) is 28.7 Å². The van der Waals surface area contributed by atoms with Crippen molar-refractivity contribution in [2.24, 2.45) is 0 Å². The van der Waals surface area contributed by atoms with Gasteiger partial charge in [-0.05, 0) is 37.3 Å². The molecule has 1 amide bonds. The Hall–Kier alpha value is -1.36. The molecule has 0 radical (unpaired) electrons. The van der Waals surface area contributed by atoms with E-state index in [1.54, 1.807) is 0 Å². The van der Waals surface area contributed by atoms with Gasteiger partial charge in [0.25, 0.3) is 0 Å². The van der Waals surface area contributed by atoms with E-state index in [9.17, 15) is 9.59 Å². The minimum Gasteiger partial charge on any atom is -0.480 e. The fraction of sp³-hybridized carbons (Fsp3) is 0.429. The van der Waals surface area contributed by atoms with Crippen molar-refractivity contribution in [3.8, 4) is 0 Å². The third kappa shape index (κ3) is 3.15. The number of carboxylic acids is 1. The smallest absolute Gasteiger partial charge is 0.329 e. The maximum atomic E-state index is 11.9. The van der Waals surface area contributed by atoms with Gasteiger partial charge in [0.15, 0.2) is 0 Å². The molecule has 0 heterocycles. The van der Waals surface area contributed by atoms with Crippen molar-refractivity contribution in [2.45, 2.75) is 37.6 Å². The first-order chi connectivity index (χ1) is 9.03. The first kappa shape index (κ1) is 14.1. The van der Waals surface area contributed by atoms with Crippen molar-refractivity contribution < 1.29 is 14.7 Å². The highest BCUT2D eigenvalue weighted by Crippen LogP contribution is 2.32. The number of aryl methyl sites for hydroxylation is 1. The SMILES string of the molecule is O=C(CCc1ccccc1Br)NC1(C(=O)O)CCC1. The van der Waals surface area contributed by atoms with Gasteiger partial charge in [-0.2, -0.15) is 0 Å². The number of hydrogen-bond acceptors (Lipinski definition) is 2. The highest BCUT2D eigenvalue weighted by atomic mass is 79.9. The van der Waals surface area contributed by atoms with Crippen LogP contribution in [0, 0.1) is 0 Å². The number of nitrogens with one attached hydrogen (secondary N) is 1. The highest BCUT2D eigenvalue weighted by Gasteiger charge is 2.45. The number of aliphatic carboxylic acids is 1. The maximum Gasteiger partial charge on any atom is 0.329 e. The van der Waals surface area contributed by atoms with Crippen LogP contribution < -0.4 is 5.32 Å². The number of rotatable bonds is 5. The first-order valence-electron chi connectivity index (χ1n) is 6.31. The molecule has 0 bridgehead atoms. The molecular formula is C14H16BrNO3. The van der Waals surface area contributed by atoms with Crippen LogP contribution in [0.5, 0.6) is 0 Å². The minimum absolute atomic E-state index is 0.196. The van der Waals surface area contributed by atoms with E-state index in [0.29, 0.717) is 25.7 Å². The van der Waals surface area contributed by atoms with Crippen LogP contribution in [0.1, 0.15) is 31.2 Å². The van der Waals surface area contributed by atoms with E-state index in [1.165, 1.54) is 0 Å². The number of carbonyl (C=O) groups is 2. The molecule has 0 aliphatic heterocycles. The molecule has 0 saturated heterocycles. The average Bonchev–Trinajstić information content (AvgIpc) is 2.32. The standard InChI is InChI=1S/C14H16BrNO3/c15-11-5-2-1-4-10(11)6-7-12(17)16-14(13(18)19)8-3-9-14/h1-2,4-5H,3,6-9H2,(H,16,17)(H,18,19). The van der Waals surface area contributed by atoms with Crippen LogP contribution >= 0.6 is 15.9 Å². The van der Waals surface area contributed by atoms with E-state index >= 15 is 0 Å². The molecule has 0 spiro atoms. The van der Waals surface area contributed by atoms with E-state index < -0.39 is 11.5 Å². The molecule has 2 rings (SSSR count). The third-order valence-electron chi connectivity index (χ3n) is 3.57. The minimum atomic E-state index is -1.01. The molecular weight excluding hydrogens is 310 g/mol. The van der Waals surface area contributed by atoms with Crippen LogP contribution in [0.4, 0.5) is 0 Å². The Balaban J connectivity index is 1.89. The Morgan fingerprint density at radius 1 is 1.32 bits per heavy atom. The summed E-state index contributed by atoms with van der Waals surface area (Å²) in [6.07, 6.45) is 2.82. The molecule has 1 aliphatic carbocycles. The number of hydrogen-bond donors (Lipinski definition) is 2. The van der Waals surface area contributed by atoms with Gasteiger partial charge in [0.2, 0.25) is 5.91 Å². The molecule has 0 atom stereocenters. The summed E-state index contributed by atoms with van der Waals surface area (Å²) < 4.78 is 0.972. The van der Waals surface area contributed by atoms with Gasteiger partial charge in [-0.25, -0.2) is 4.79 Å². The lowest BCUT2D eigenvalue weighted by molar-refractivity contribution is -0.151. The lowest BCUT2D eigenvalue weighted by atomic mass is 9.76. The molecule has 19 heavy (non-hydrogen) atoms. The van der Waals surface area contributed by atoms with Gasteiger partial charge in [-0.15, -0.1) is 0 Å². The van der Waals surface area contributed by atoms with Crippen molar-refractivity contribution in [1.29, 1.82) is 0 Å². The summed E-state index contributed by atoms with van der Waals surface area (Å²) in [5.41, 5.74) is 0.0426. The van der Waals surface area contributed by atoms with E-state index in [4.69, 9.17) is 5.11 Å². The quantitative estimate of drug-likeness (QED) is 0.874.